The van der Waals surface area contributed by atoms with Crippen molar-refractivity contribution in [1.29, 1.82) is 0 Å². The Morgan fingerprint density at radius 2 is 2.07 bits per heavy atom. The average molecular weight is 200 g/mol. The molecule has 0 amide bonds. The molecule has 0 aromatic carbocycles. The Morgan fingerprint density at radius 3 is 2.64 bits per heavy atom. The van der Waals surface area contributed by atoms with E-state index in [-0.39, 0.29) is 5.97 Å². The number of ether oxygens (including phenoxy) is 1. The molecule has 14 heavy (non-hydrogen) atoms. The molecule has 0 aromatic heterocycles. The molecule has 82 valence electrons. The summed E-state index contributed by atoms with van der Waals surface area (Å²) in [6, 6.07) is 0. The minimum Gasteiger partial charge on any atom is -0.464 e. The predicted octanol–water partition coefficient (Wildman–Crippen LogP) is 0.0908. The van der Waals surface area contributed by atoms with Gasteiger partial charge in [0.25, 0.3) is 0 Å². The molecule has 1 heterocycles. The van der Waals surface area contributed by atoms with Gasteiger partial charge in [-0.2, -0.15) is 0 Å². The maximum atomic E-state index is 11.3. The second-order valence-corrected chi connectivity index (χ2v) is 4.10. The summed E-state index contributed by atoms with van der Waals surface area (Å²) < 4.78 is 5.11. The van der Waals surface area contributed by atoms with Gasteiger partial charge in [0.2, 0.25) is 0 Å². The number of hydrogen-bond donors (Lipinski definition) is 1. The van der Waals surface area contributed by atoms with E-state index in [1.54, 1.807) is 0 Å². The van der Waals surface area contributed by atoms with Crippen LogP contribution in [-0.2, 0) is 9.53 Å². The molecule has 1 saturated heterocycles. The van der Waals surface area contributed by atoms with Gasteiger partial charge in [0.05, 0.1) is 13.2 Å². The van der Waals surface area contributed by atoms with Gasteiger partial charge in [-0.05, 0) is 5.92 Å². The molecule has 0 saturated carbocycles. The van der Waals surface area contributed by atoms with Crippen LogP contribution >= 0.6 is 0 Å². The molecule has 0 aliphatic carbocycles. The van der Waals surface area contributed by atoms with Crippen molar-refractivity contribution in [3.05, 3.63) is 0 Å². The van der Waals surface area contributed by atoms with Crippen LogP contribution in [0.15, 0.2) is 0 Å². The summed E-state index contributed by atoms with van der Waals surface area (Å²) in [5.41, 5.74) is 0. The Morgan fingerprint density at radius 1 is 1.43 bits per heavy atom. The van der Waals surface area contributed by atoms with E-state index in [1.807, 2.05) is 13.8 Å². The van der Waals surface area contributed by atoms with Gasteiger partial charge in [-0.15, -0.1) is 0 Å². The highest BCUT2D eigenvalue weighted by molar-refractivity contribution is 5.71. The van der Waals surface area contributed by atoms with Crippen molar-refractivity contribution in [2.75, 3.05) is 39.3 Å². The molecule has 1 aliphatic heterocycles. The summed E-state index contributed by atoms with van der Waals surface area (Å²) in [5, 5.41) is 3.24. The fourth-order valence-electron chi connectivity index (χ4n) is 1.36. The van der Waals surface area contributed by atoms with E-state index in [1.165, 1.54) is 0 Å². The van der Waals surface area contributed by atoms with E-state index < -0.39 is 0 Å². The Kier molecular flexibility index (Phi) is 4.90. The maximum absolute atomic E-state index is 11.3. The van der Waals surface area contributed by atoms with E-state index >= 15 is 0 Å². The standard InChI is InChI=1S/C10H20N2O2/c1-9(2)8-14-10(13)7-12-5-3-11-4-6-12/h9,11H,3-8H2,1-2H3. The summed E-state index contributed by atoms with van der Waals surface area (Å²) >= 11 is 0. The lowest BCUT2D eigenvalue weighted by Gasteiger charge is -2.26. The Bertz CT molecular complexity index is 177. The summed E-state index contributed by atoms with van der Waals surface area (Å²) in [6.45, 7) is 8.87. The topological polar surface area (TPSA) is 41.6 Å². The molecule has 1 aliphatic rings. The summed E-state index contributed by atoms with van der Waals surface area (Å²) in [4.78, 5) is 13.5. The van der Waals surface area contributed by atoms with Crippen LogP contribution in [0, 0.1) is 5.92 Å². The zero-order chi connectivity index (χ0) is 10.4. The van der Waals surface area contributed by atoms with Gasteiger partial charge in [0.15, 0.2) is 0 Å². The van der Waals surface area contributed by atoms with Crippen molar-refractivity contribution in [3.8, 4) is 0 Å². The van der Waals surface area contributed by atoms with Crippen molar-refractivity contribution in [3.63, 3.8) is 0 Å². The number of hydrogen-bond acceptors (Lipinski definition) is 4. The van der Waals surface area contributed by atoms with Crippen molar-refractivity contribution in [2.24, 2.45) is 5.92 Å². The molecular weight excluding hydrogens is 180 g/mol. The van der Waals surface area contributed by atoms with Crippen molar-refractivity contribution in [1.82, 2.24) is 10.2 Å². The Hall–Kier alpha value is -0.610. The first-order valence-corrected chi connectivity index (χ1v) is 5.27. The molecular formula is C10H20N2O2. The summed E-state index contributed by atoms with van der Waals surface area (Å²) in [5.74, 6) is 0.322. The molecule has 1 fully saturated rings. The van der Waals surface area contributed by atoms with E-state index in [9.17, 15) is 4.79 Å². The highest BCUT2D eigenvalue weighted by Crippen LogP contribution is 1.96. The number of nitrogens with one attached hydrogen (secondary N) is 1. The zero-order valence-electron chi connectivity index (χ0n) is 9.08. The summed E-state index contributed by atoms with van der Waals surface area (Å²) in [7, 11) is 0. The Balaban J connectivity index is 2.12. The molecule has 0 bridgehead atoms. The molecule has 0 radical (unpaired) electrons. The highest BCUT2D eigenvalue weighted by Gasteiger charge is 2.14. The number of carbonyl (C=O) groups excluding carboxylic acids is 1. The first-order valence-electron chi connectivity index (χ1n) is 5.27. The largest absolute Gasteiger partial charge is 0.464 e. The number of nitrogens with zero attached hydrogens (tertiary/aromatic N) is 1. The number of rotatable bonds is 4. The molecule has 4 heteroatoms. The van der Waals surface area contributed by atoms with E-state index in [0.717, 1.165) is 26.2 Å². The third-order valence-electron chi connectivity index (χ3n) is 2.14. The van der Waals surface area contributed by atoms with Crippen molar-refractivity contribution < 1.29 is 9.53 Å². The smallest absolute Gasteiger partial charge is 0.320 e. The van der Waals surface area contributed by atoms with Crippen LogP contribution in [0.3, 0.4) is 0 Å². The fraction of sp³-hybridized carbons (Fsp3) is 0.900. The first kappa shape index (κ1) is 11.5. The number of esters is 1. The SMILES string of the molecule is CC(C)COC(=O)CN1CCNCC1. The second kappa shape index (κ2) is 5.98. The lowest BCUT2D eigenvalue weighted by molar-refractivity contribution is -0.146. The van der Waals surface area contributed by atoms with Gasteiger partial charge in [0, 0.05) is 26.2 Å². The molecule has 0 unspecified atom stereocenters. The van der Waals surface area contributed by atoms with E-state index in [0.29, 0.717) is 19.1 Å². The third kappa shape index (κ3) is 4.58. The summed E-state index contributed by atoms with van der Waals surface area (Å²) in [6.07, 6.45) is 0. The van der Waals surface area contributed by atoms with E-state index in [4.69, 9.17) is 4.74 Å². The van der Waals surface area contributed by atoms with Gasteiger partial charge < -0.3 is 10.1 Å². The minimum absolute atomic E-state index is 0.0967. The van der Waals surface area contributed by atoms with Gasteiger partial charge in [-0.1, -0.05) is 13.8 Å². The van der Waals surface area contributed by atoms with Gasteiger partial charge >= 0.3 is 5.97 Å². The molecule has 0 aromatic rings. The minimum atomic E-state index is -0.0967. The molecule has 1 rings (SSSR count). The van der Waals surface area contributed by atoms with Gasteiger partial charge in [-0.25, -0.2) is 0 Å². The fourth-order valence-corrected chi connectivity index (χ4v) is 1.36. The van der Waals surface area contributed by atoms with Crippen LogP contribution < -0.4 is 5.32 Å². The van der Waals surface area contributed by atoms with E-state index in [2.05, 4.69) is 10.2 Å². The van der Waals surface area contributed by atoms with Crippen LogP contribution in [-0.4, -0.2) is 50.2 Å². The van der Waals surface area contributed by atoms with Gasteiger partial charge in [-0.3, -0.25) is 9.69 Å². The monoisotopic (exact) mass is 200 g/mol. The Labute approximate surface area is 85.6 Å². The third-order valence-corrected chi connectivity index (χ3v) is 2.14. The number of piperazine rings is 1. The molecule has 0 spiro atoms. The lowest BCUT2D eigenvalue weighted by atomic mass is 10.2. The highest BCUT2D eigenvalue weighted by atomic mass is 16.5. The van der Waals surface area contributed by atoms with Crippen LogP contribution in [0.2, 0.25) is 0 Å². The van der Waals surface area contributed by atoms with Crippen LogP contribution in [0.1, 0.15) is 13.8 Å². The maximum Gasteiger partial charge on any atom is 0.320 e. The van der Waals surface area contributed by atoms with Crippen LogP contribution in [0.5, 0.6) is 0 Å². The van der Waals surface area contributed by atoms with Crippen LogP contribution in [0.25, 0.3) is 0 Å². The normalized spacial score (nSPS) is 18.5. The van der Waals surface area contributed by atoms with Crippen molar-refractivity contribution in [2.45, 2.75) is 13.8 Å². The first-order chi connectivity index (χ1) is 6.68. The van der Waals surface area contributed by atoms with Crippen LogP contribution in [0.4, 0.5) is 0 Å². The predicted molar refractivity (Wildman–Crippen MR) is 55.1 cm³/mol. The molecule has 1 N–H and O–H groups in total. The van der Waals surface area contributed by atoms with Crippen molar-refractivity contribution >= 4 is 5.97 Å². The lowest BCUT2D eigenvalue weighted by Crippen LogP contribution is -2.45. The van der Waals surface area contributed by atoms with Gasteiger partial charge in [0.1, 0.15) is 0 Å². The zero-order valence-corrected chi connectivity index (χ0v) is 9.08. The molecule has 0 atom stereocenters. The number of carbonyl (C=O) groups is 1. The molecule has 4 nitrogen and oxygen atoms in total. The quantitative estimate of drug-likeness (QED) is 0.653. The second-order valence-electron chi connectivity index (χ2n) is 4.10. The average Bonchev–Trinajstić information content (AvgIpc) is 2.16.